The standard InChI is InChI=1S/C13H25N3O3/c1-3-16-7-5-11(9-16)8-15-13(19)14-6-4-10(2)12(17)18/h10-11H,3-9H2,1-2H3,(H,17,18)(H2,14,15,19). The Balaban J connectivity index is 2.07. The van der Waals surface area contributed by atoms with Crippen molar-refractivity contribution in [2.24, 2.45) is 11.8 Å². The molecule has 1 rings (SSSR count). The number of hydrogen-bond donors (Lipinski definition) is 3. The van der Waals surface area contributed by atoms with Gasteiger partial charge in [-0.05, 0) is 31.8 Å². The van der Waals surface area contributed by atoms with Gasteiger partial charge in [0.1, 0.15) is 0 Å². The largest absolute Gasteiger partial charge is 0.481 e. The summed E-state index contributed by atoms with van der Waals surface area (Å²) in [5, 5.41) is 14.2. The molecule has 0 aromatic carbocycles. The van der Waals surface area contributed by atoms with Gasteiger partial charge in [-0.2, -0.15) is 0 Å². The Hall–Kier alpha value is -1.30. The Morgan fingerprint density at radius 1 is 1.42 bits per heavy atom. The highest BCUT2D eigenvalue weighted by atomic mass is 16.4. The van der Waals surface area contributed by atoms with E-state index in [2.05, 4.69) is 22.5 Å². The molecular formula is C13H25N3O3. The Bertz CT molecular complexity index is 310. The van der Waals surface area contributed by atoms with E-state index in [1.165, 1.54) is 0 Å². The average molecular weight is 271 g/mol. The molecule has 6 nitrogen and oxygen atoms in total. The van der Waals surface area contributed by atoms with Crippen LogP contribution in [-0.4, -0.2) is 54.7 Å². The second-order valence-corrected chi connectivity index (χ2v) is 5.21. The third kappa shape index (κ3) is 5.92. The molecule has 1 fully saturated rings. The van der Waals surface area contributed by atoms with Gasteiger partial charge in [-0.3, -0.25) is 4.79 Å². The number of amides is 2. The molecule has 0 radical (unpaired) electrons. The first kappa shape index (κ1) is 15.8. The van der Waals surface area contributed by atoms with Crippen molar-refractivity contribution < 1.29 is 14.7 Å². The summed E-state index contributed by atoms with van der Waals surface area (Å²) >= 11 is 0. The molecule has 1 aliphatic heterocycles. The van der Waals surface area contributed by atoms with Gasteiger partial charge in [-0.15, -0.1) is 0 Å². The smallest absolute Gasteiger partial charge is 0.314 e. The van der Waals surface area contributed by atoms with Crippen LogP contribution in [0.15, 0.2) is 0 Å². The number of carbonyl (C=O) groups excluding carboxylic acids is 1. The maximum absolute atomic E-state index is 11.5. The number of carboxylic acid groups (broad SMARTS) is 1. The van der Waals surface area contributed by atoms with E-state index < -0.39 is 11.9 Å². The van der Waals surface area contributed by atoms with Crippen LogP contribution in [-0.2, 0) is 4.79 Å². The lowest BCUT2D eigenvalue weighted by atomic mass is 10.1. The van der Waals surface area contributed by atoms with Crippen molar-refractivity contribution in [1.82, 2.24) is 15.5 Å². The molecular weight excluding hydrogens is 246 g/mol. The highest BCUT2D eigenvalue weighted by Crippen LogP contribution is 2.14. The maximum atomic E-state index is 11.5. The summed E-state index contributed by atoms with van der Waals surface area (Å²) in [4.78, 5) is 24.5. The Morgan fingerprint density at radius 3 is 2.74 bits per heavy atom. The van der Waals surface area contributed by atoms with E-state index >= 15 is 0 Å². The Kier molecular flexibility index (Phi) is 6.62. The first-order chi connectivity index (χ1) is 9.02. The second kappa shape index (κ2) is 7.99. The van der Waals surface area contributed by atoms with Crippen LogP contribution in [0.25, 0.3) is 0 Å². The molecule has 1 aliphatic rings. The van der Waals surface area contributed by atoms with Crippen molar-refractivity contribution >= 4 is 12.0 Å². The van der Waals surface area contributed by atoms with E-state index in [0.717, 1.165) is 26.1 Å². The predicted octanol–water partition coefficient (Wildman–Crippen LogP) is 0.738. The molecule has 0 spiro atoms. The molecule has 0 aromatic heterocycles. The predicted molar refractivity (Wildman–Crippen MR) is 73.0 cm³/mol. The highest BCUT2D eigenvalue weighted by molar-refractivity contribution is 5.74. The lowest BCUT2D eigenvalue weighted by Gasteiger charge is -2.14. The number of rotatable bonds is 7. The Labute approximate surface area is 114 Å². The van der Waals surface area contributed by atoms with Gasteiger partial charge in [-0.25, -0.2) is 4.79 Å². The fourth-order valence-corrected chi connectivity index (χ4v) is 2.19. The minimum atomic E-state index is -0.826. The van der Waals surface area contributed by atoms with Crippen LogP contribution in [0.5, 0.6) is 0 Å². The van der Waals surface area contributed by atoms with Gasteiger partial charge >= 0.3 is 12.0 Å². The summed E-state index contributed by atoms with van der Waals surface area (Å²) in [6.45, 7) is 8.09. The maximum Gasteiger partial charge on any atom is 0.314 e. The van der Waals surface area contributed by atoms with Gasteiger partial charge in [0, 0.05) is 19.6 Å². The van der Waals surface area contributed by atoms with E-state index in [0.29, 0.717) is 25.4 Å². The van der Waals surface area contributed by atoms with Gasteiger partial charge in [0.2, 0.25) is 0 Å². The van der Waals surface area contributed by atoms with Gasteiger partial charge in [0.15, 0.2) is 0 Å². The lowest BCUT2D eigenvalue weighted by Crippen LogP contribution is -2.39. The van der Waals surface area contributed by atoms with Gasteiger partial charge in [-0.1, -0.05) is 13.8 Å². The fourth-order valence-electron chi connectivity index (χ4n) is 2.19. The zero-order valence-electron chi connectivity index (χ0n) is 11.8. The lowest BCUT2D eigenvalue weighted by molar-refractivity contribution is -0.141. The molecule has 0 saturated carbocycles. The van der Waals surface area contributed by atoms with Crippen molar-refractivity contribution in [1.29, 1.82) is 0 Å². The van der Waals surface area contributed by atoms with Crippen LogP contribution in [0.4, 0.5) is 4.79 Å². The number of carboxylic acids is 1. The first-order valence-electron chi connectivity index (χ1n) is 6.99. The molecule has 2 unspecified atom stereocenters. The first-order valence-corrected chi connectivity index (χ1v) is 6.99. The fraction of sp³-hybridized carbons (Fsp3) is 0.846. The van der Waals surface area contributed by atoms with Crippen LogP contribution in [0, 0.1) is 11.8 Å². The van der Waals surface area contributed by atoms with Crippen LogP contribution >= 0.6 is 0 Å². The van der Waals surface area contributed by atoms with E-state index in [1.807, 2.05) is 0 Å². The molecule has 6 heteroatoms. The summed E-state index contributed by atoms with van der Waals surface area (Å²) < 4.78 is 0. The van der Waals surface area contributed by atoms with Gasteiger partial charge in [0.25, 0.3) is 0 Å². The molecule has 110 valence electrons. The van der Waals surface area contributed by atoms with Crippen molar-refractivity contribution in [3.63, 3.8) is 0 Å². The van der Waals surface area contributed by atoms with Crippen molar-refractivity contribution in [2.75, 3.05) is 32.7 Å². The van der Waals surface area contributed by atoms with Crippen LogP contribution < -0.4 is 10.6 Å². The zero-order chi connectivity index (χ0) is 14.3. The topological polar surface area (TPSA) is 81.7 Å². The third-order valence-electron chi connectivity index (χ3n) is 3.65. The van der Waals surface area contributed by atoms with E-state index in [1.54, 1.807) is 6.92 Å². The van der Waals surface area contributed by atoms with Crippen molar-refractivity contribution in [3.05, 3.63) is 0 Å². The quantitative estimate of drug-likeness (QED) is 0.638. The molecule has 19 heavy (non-hydrogen) atoms. The summed E-state index contributed by atoms with van der Waals surface area (Å²) in [7, 11) is 0. The molecule has 3 N–H and O–H groups in total. The van der Waals surface area contributed by atoms with Crippen molar-refractivity contribution in [2.45, 2.75) is 26.7 Å². The van der Waals surface area contributed by atoms with Crippen LogP contribution in [0.3, 0.4) is 0 Å². The minimum absolute atomic E-state index is 0.201. The zero-order valence-corrected chi connectivity index (χ0v) is 11.8. The van der Waals surface area contributed by atoms with Crippen molar-refractivity contribution in [3.8, 4) is 0 Å². The summed E-state index contributed by atoms with van der Waals surface area (Å²) in [5.74, 6) is -0.718. The Morgan fingerprint density at radius 2 is 2.16 bits per heavy atom. The normalized spacial score (nSPS) is 21.1. The third-order valence-corrected chi connectivity index (χ3v) is 3.65. The SMILES string of the molecule is CCN1CCC(CNC(=O)NCCC(C)C(=O)O)C1. The summed E-state index contributed by atoms with van der Waals surface area (Å²) in [5.41, 5.74) is 0. The minimum Gasteiger partial charge on any atom is -0.481 e. The number of likely N-dealkylation sites (tertiary alicyclic amines) is 1. The molecule has 1 heterocycles. The number of urea groups is 1. The summed E-state index contributed by atoms with van der Waals surface area (Å²) in [6.07, 6.45) is 1.58. The molecule has 0 bridgehead atoms. The number of hydrogen-bond acceptors (Lipinski definition) is 3. The van der Waals surface area contributed by atoms with Gasteiger partial charge in [0.05, 0.1) is 5.92 Å². The summed E-state index contributed by atoms with van der Waals surface area (Å²) in [6, 6.07) is -0.201. The molecule has 2 atom stereocenters. The van der Waals surface area contributed by atoms with E-state index in [-0.39, 0.29) is 6.03 Å². The molecule has 1 saturated heterocycles. The van der Waals surface area contributed by atoms with Crippen LogP contribution in [0.1, 0.15) is 26.7 Å². The second-order valence-electron chi connectivity index (χ2n) is 5.21. The molecule has 0 aliphatic carbocycles. The van der Waals surface area contributed by atoms with Crippen LogP contribution in [0.2, 0.25) is 0 Å². The number of carbonyl (C=O) groups is 2. The van der Waals surface area contributed by atoms with E-state index in [9.17, 15) is 9.59 Å². The van der Waals surface area contributed by atoms with Gasteiger partial charge < -0.3 is 20.6 Å². The molecule has 0 aromatic rings. The molecule has 2 amide bonds. The number of aliphatic carboxylic acids is 1. The average Bonchev–Trinajstić information content (AvgIpc) is 2.84. The monoisotopic (exact) mass is 271 g/mol. The highest BCUT2D eigenvalue weighted by Gasteiger charge is 2.21. The number of nitrogens with one attached hydrogen (secondary N) is 2. The number of nitrogens with zero attached hydrogens (tertiary/aromatic N) is 1. The van der Waals surface area contributed by atoms with E-state index in [4.69, 9.17) is 5.11 Å².